The van der Waals surface area contributed by atoms with Gasteiger partial charge in [-0.1, -0.05) is 54.4 Å². The van der Waals surface area contributed by atoms with Crippen LogP contribution in [-0.4, -0.2) is 19.5 Å². The van der Waals surface area contributed by atoms with Gasteiger partial charge >= 0.3 is 0 Å². The fraction of sp³-hybridized carbons (Fsp3) is 0.240. The van der Waals surface area contributed by atoms with E-state index < -0.39 is 0 Å². The first kappa shape index (κ1) is 21.5. The van der Waals surface area contributed by atoms with Gasteiger partial charge in [-0.3, -0.25) is 4.99 Å². The Morgan fingerprint density at radius 3 is 2.32 bits per heavy atom. The minimum atomic E-state index is -0.114. The van der Waals surface area contributed by atoms with Gasteiger partial charge in [-0.2, -0.15) is 0 Å². The Morgan fingerprint density at radius 1 is 1.00 bits per heavy atom. The van der Waals surface area contributed by atoms with Gasteiger partial charge in [-0.15, -0.1) is 0 Å². The van der Waals surface area contributed by atoms with Crippen LogP contribution >= 0.6 is 23.2 Å². The molecule has 0 saturated heterocycles. The molecule has 0 radical (unpaired) electrons. The highest BCUT2D eigenvalue weighted by Gasteiger charge is 2.24. The molecule has 3 aromatic carbocycles. The van der Waals surface area contributed by atoms with Gasteiger partial charge in [0.1, 0.15) is 23.4 Å². The maximum Gasteiger partial charge on any atom is 0.134 e. The lowest BCUT2D eigenvalue weighted by molar-refractivity contribution is 0.200. The minimum absolute atomic E-state index is 0.0976. The SMILES string of the molecule is CCC(Oc1cc(OC)ccc1C1=NCC(c2ccc(Cl)cc2)N1)c1ccc(Cl)cc1. The molecule has 4 nitrogen and oxygen atoms in total. The summed E-state index contributed by atoms with van der Waals surface area (Å²) >= 11 is 12.1. The second-order valence-corrected chi connectivity index (χ2v) is 8.24. The molecule has 0 bridgehead atoms. The number of amidine groups is 1. The van der Waals surface area contributed by atoms with E-state index in [9.17, 15) is 0 Å². The lowest BCUT2D eigenvalue weighted by atomic mass is 10.1. The molecule has 2 unspecified atom stereocenters. The highest BCUT2D eigenvalue weighted by molar-refractivity contribution is 6.30. The summed E-state index contributed by atoms with van der Waals surface area (Å²) in [7, 11) is 1.65. The Hall–Kier alpha value is -2.69. The first-order chi connectivity index (χ1) is 15.1. The van der Waals surface area contributed by atoms with E-state index in [0.717, 1.165) is 45.5 Å². The number of hydrogen-bond donors (Lipinski definition) is 1. The predicted octanol–water partition coefficient (Wildman–Crippen LogP) is 6.62. The van der Waals surface area contributed by atoms with Crippen LogP contribution in [0, 0.1) is 0 Å². The van der Waals surface area contributed by atoms with Gasteiger partial charge < -0.3 is 14.8 Å². The van der Waals surface area contributed by atoms with E-state index in [1.807, 2.05) is 66.7 Å². The van der Waals surface area contributed by atoms with Crippen molar-refractivity contribution < 1.29 is 9.47 Å². The monoisotopic (exact) mass is 454 g/mol. The number of methoxy groups -OCH3 is 1. The lowest BCUT2D eigenvalue weighted by Crippen LogP contribution is -2.24. The van der Waals surface area contributed by atoms with Crippen LogP contribution in [0.15, 0.2) is 71.7 Å². The standard InChI is InChI=1S/C25H24Cl2N2O2/c1-3-23(17-6-10-19(27)11-7-17)31-24-14-20(30-2)12-13-21(24)25-28-15-22(29-25)16-4-8-18(26)9-5-16/h4-14,22-23H,3,15H2,1-2H3,(H,28,29). The summed E-state index contributed by atoms with van der Waals surface area (Å²) in [6, 6.07) is 21.5. The number of aliphatic imine (C=N–C) groups is 1. The van der Waals surface area contributed by atoms with E-state index in [-0.39, 0.29) is 12.1 Å². The Morgan fingerprint density at radius 2 is 1.68 bits per heavy atom. The van der Waals surface area contributed by atoms with Crippen molar-refractivity contribution in [3.05, 3.63) is 93.5 Å². The van der Waals surface area contributed by atoms with Crippen molar-refractivity contribution in [3.8, 4) is 11.5 Å². The van der Waals surface area contributed by atoms with Crippen molar-refractivity contribution in [1.82, 2.24) is 5.32 Å². The molecule has 31 heavy (non-hydrogen) atoms. The summed E-state index contributed by atoms with van der Waals surface area (Å²) < 4.78 is 11.9. The topological polar surface area (TPSA) is 42.9 Å². The molecule has 0 aliphatic carbocycles. The second-order valence-electron chi connectivity index (χ2n) is 7.37. The summed E-state index contributed by atoms with van der Waals surface area (Å²) in [4.78, 5) is 4.75. The van der Waals surface area contributed by atoms with Crippen molar-refractivity contribution in [2.75, 3.05) is 13.7 Å². The third-order valence-corrected chi connectivity index (χ3v) is 5.84. The zero-order valence-corrected chi connectivity index (χ0v) is 19.0. The van der Waals surface area contributed by atoms with E-state index in [1.54, 1.807) is 7.11 Å². The van der Waals surface area contributed by atoms with Crippen molar-refractivity contribution in [2.24, 2.45) is 4.99 Å². The van der Waals surface area contributed by atoms with Gasteiger partial charge in [0.2, 0.25) is 0 Å². The number of benzene rings is 3. The molecule has 3 aromatic rings. The van der Waals surface area contributed by atoms with Crippen molar-refractivity contribution in [3.63, 3.8) is 0 Å². The molecule has 1 aliphatic rings. The summed E-state index contributed by atoms with van der Waals surface area (Å²) in [5, 5.41) is 4.96. The van der Waals surface area contributed by atoms with Crippen molar-refractivity contribution in [2.45, 2.75) is 25.5 Å². The van der Waals surface area contributed by atoms with Gasteiger partial charge in [0, 0.05) is 16.1 Å². The van der Waals surface area contributed by atoms with E-state index in [1.165, 1.54) is 0 Å². The largest absolute Gasteiger partial charge is 0.497 e. The van der Waals surface area contributed by atoms with Crippen LogP contribution in [0.25, 0.3) is 0 Å². The molecule has 0 aromatic heterocycles. The van der Waals surface area contributed by atoms with Gasteiger partial charge in [0.15, 0.2) is 0 Å². The molecule has 0 amide bonds. The lowest BCUT2D eigenvalue weighted by Gasteiger charge is -2.21. The fourth-order valence-corrected chi connectivity index (χ4v) is 3.88. The van der Waals surface area contributed by atoms with Crippen LogP contribution in [0.2, 0.25) is 10.0 Å². The number of halogens is 2. The van der Waals surface area contributed by atoms with E-state index in [0.29, 0.717) is 11.6 Å². The molecule has 160 valence electrons. The molecule has 0 saturated carbocycles. The van der Waals surface area contributed by atoms with Gasteiger partial charge in [0.25, 0.3) is 0 Å². The van der Waals surface area contributed by atoms with Crippen LogP contribution in [0.4, 0.5) is 0 Å². The van der Waals surface area contributed by atoms with E-state index >= 15 is 0 Å². The number of nitrogens with zero attached hydrogens (tertiary/aromatic N) is 1. The van der Waals surface area contributed by atoms with Crippen LogP contribution in [-0.2, 0) is 0 Å². The Labute approximate surface area is 192 Å². The molecule has 1 N–H and O–H groups in total. The first-order valence-corrected chi connectivity index (χ1v) is 11.0. The highest BCUT2D eigenvalue weighted by atomic mass is 35.5. The maximum atomic E-state index is 6.47. The van der Waals surface area contributed by atoms with Gasteiger partial charge in [-0.05, 0) is 53.9 Å². The van der Waals surface area contributed by atoms with E-state index in [2.05, 4.69) is 12.2 Å². The molecule has 0 fully saturated rings. The molecule has 2 atom stereocenters. The first-order valence-electron chi connectivity index (χ1n) is 10.2. The molecule has 1 heterocycles. The van der Waals surface area contributed by atoms with Crippen molar-refractivity contribution >= 4 is 29.0 Å². The van der Waals surface area contributed by atoms with Crippen molar-refractivity contribution in [1.29, 1.82) is 0 Å². The predicted molar refractivity (Wildman–Crippen MR) is 127 cm³/mol. The van der Waals surface area contributed by atoms with Crippen LogP contribution < -0.4 is 14.8 Å². The summed E-state index contributed by atoms with van der Waals surface area (Å²) in [5.74, 6) is 2.27. The smallest absolute Gasteiger partial charge is 0.134 e. The third-order valence-electron chi connectivity index (χ3n) is 5.34. The molecular formula is C25H24Cl2N2O2. The zero-order chi connectivity index (χ0) is 21.8. The third kappa shape index (κ3) is 4.97. The average Bonchev–Trinajstić information content (AvgIpc) is 3.28. The Bertz CT molecular complexity index is 1070. The number of nitrogens with one attached hydrogen (secondary N) is 1. The normalized spacial score (nSPS) is 16.4. The molecular weight excluding hydrogens is 431 g/mol. The highest BCUT2D eigenvalue weighted by Crippen LogP contribution is 2.33. The Balaban J connectivity index is 1.60. The molecule has 1 aliphatic heterocycles. The van der Waals surface area contributed by atoms with Crippen LogP contribution in [0.5, 0.6) is 11.5 Å². The summed E-state index contributed by atoms with van der Waals surface area (Å²) in [6.07, 6.45) is 0.697. The molecule has 6 heteroatoms. The van der Waals surface area contributed by atoms with Gasteiger partial charge in [-0.25, -0.2) is 0 Å². The minimum Gasteiger partial charge on any atom is -0.497 e. The number of ether oxygens (including phenoxy) is 2. The molecule has 4 rings (SSSR count). The average molecular weight is 455 g/mol. The summed E-state index contributed by atoms with van der Waals surface area (Å²) in [6.45, 7) is 2.75. The number of hydrogen-bond acceptors (Lipinski definition) is 4. The van der Waals surface area contributed by atoms with Gasteiger partial charge in [0.05, 0.1) is 25.3 Å². The zero-order valence-electron chi connectivity index (χ0n) is 17.4. The fourth-order valence-electron chi connectivity index (χ4n) is 3.63. The molecule has 0 spiro atoms. The Kier molecular flexibility index (Phi) is 6.69. The quantitative estimate of drug-likeness (QED) is 0.435. The van der Waals surface area contributed by atoms with Crippen LogP contribution in [0.1, 0.15) is 42.2 Å². The maximum absolute atomic E-state index is 6.47. The summed E-state index contributed by atoms with van der Waals surface area (Å²) in [5.41, 5.74) is 3.12. The second kappa shape index (κ2) is 9.63. The number of rotatable bonds is 7. The van der Waals surface area contributed by atoms with Crippen LogP contribution in [0.3, 0.4) is 0 Å². The van der Waals surface area contributed by atoms with E-state index in [4.69, 9.17) is 37.7 Å².